The molecule has 2 N–H and O–H groups in total. The summed E-state index contributed by atoms with van der Waals surface area (Å²) in [4.78, 5) is 24.1. The van der Waals surface area contributed by atoms with E-state index in [1.165, 1.54) is 0 Å². The zero-order valence-electron chi connectivity index (χ0n) is 15.3. The number of carbonyl (C=O) groups is 2. The van der Waals surface area contributed by atoms with Crippen molar-refractivity contribution in [3.8, 4) is 0 Å². The molecule has 0 aliphatic rings. The van der Waals surface area contributed by atoms with Crippen molar-refractivity contribution in [2.24, 2.45) is 5.92 Å². The molecule has 1 unspecified atom stereocenters. The summed E-state index contributed by atoms with van der Waals surface area (Å²) in [5, 5.41) is 5.51. The van der Waals surface area contributed by atoms with Crippen molar-refractivity contribution in [2.75, 3.05) is 16.4 Å². The number of rotatable bonds is 6. The number of hydrogen-bond donors (Lipinski definition) is 2. The van der Waals surface area contributed by atoms with Crippen LogP contribution in [0.15, 0.2) is 24.3 Å². The Hall–Kier alpha value is -1.69. The smallest absolute Gasteiger partial charge is 0.412 e. The fourth-order valence-corrected chi connectivity index (χ4v) is 2.98. The van der Waals surface area contributed by atoms with Gasteiger partial charge in [0, 0.05) is 11.4 Å². The number of thioether (sulfide) groups is 1. The van der Waals surface area contributed by atoms with Gasteiger partial charge < -0.3 is 10.1 Å². The monoisotopic (exact) mass is 352 g/mol. The highest BCUT2D eigenvalue weighted by molar-refractivity contribution is 8.00. The Bertz CT molecular complexity index is 550. The maximum atomic E-state index is 12.3. The zero-order valence-corrected chi connectivity index (χ0v) is 16.1. The molecule has 0 fully saturated rings. The van der Waals surface area contributed by atoms with Crippen molar-refractivity contribution < 1.29 is 14.3 Å². The van der Waals surface area contributed by atoms with E-state index >= 15 is 0 Å². The van der Waals surface area contributed by atoms with E-state index < -0.39 is 11.7 Å². The van der Waals surface area contributed by atoms with Gasteiger partial charge in [0.2, 0.25) is 5.91 Å². The molecule has 0 aliphatic heterocycles. The molecule has 0 aromatic heterocycles. The fourth-order valence-electron chi connectivity index (χ4n) is 2.02. The summed E-state index contributed by atoms with van der Waals surface area (Å²) in [6.07, 6.45) is -0.501. The van der Waals surface area contributed by atoms with Gasteiger partial charge in [0.1, 0.15) is 5.60 Å². The quantitative estimate of drug-likeness (QED) is 0.775. The third-order valence-electron chi connectivity index (χ3n) is 3.01. The van der Waals surface area contributed by atoms with E-state index in [2.05, 4.69) is 10.6 Å². The van der Waals surface area contributed by atoms with Crippen LogP contribution in [0.3, 0.4) is 0 Å². The largest absolute Gasteiger partial charge is 0.444 e. The molecule has 6 heteroatoms. The van der Waals surface area contributed by atoms with E-state index in [-0.39, 0.29) is 17.1 Å². The van der Waals surface area contributed by atoms with Gasteiger partial charge in [-0.1, -0.05) is 20.8 Å². The fraction of sp³-hybridized carbons (Fsp3) is 0.556. The Balaban J connectivity index is 2.64. The third-order valence-corrected chi connectivity index (χ3v) is 4.46. The number of carbonyl (C=O) groups excluding carboxylic acids is 2. The first-order valence-electron chi connectivity index (χ1n) is 8.15. The molecule has 0 heterocycles. The van der Waals surface area contributed by atoms with E-state index in [1.54, 1.807) is 36.0 Å². The Morgan fingerprint density at radius 3 is 2.00 bits per heavy atom. The molecule has 0 spiro atoms. The minimum atomic E-state index is -0.541. The molecule has 1 aromatic carbocycles. The van der Waals surface area contributed by atoms with Crippen LogP contribution in [-0.2, 0) is 9.53 Å². The van der Waals surface area contributed by atoms with Crippen LogP contribution in [0.4, 0.5) is 16.2 Å². The first kappa shape index (κ1) is 20.4. The predicted molar refractivity (Wildman–Crippen MR) is 102 cm³/mol. The third kappa shape index (κ3) is 7.25. The Morgan fingerprint density at radius 1 is 1.08 bits per heavy atom. The topological polar surface area (TPSA) is 67.4 Å². The first-order chi connectivity index (χ1) is 11.1. The first-order valence-corrected chi connectivity index (χ1v) is 9.19. The molecule has 0 aliphatic carbocycles. The molecule has 0 saturated carbocycles. The zero-order chi connectivity index (χ0) is 18.3. The second kappa shape index (κ2) is 8.97. The molecule has 134 valence electrons. The normalized spacial score (nSPS) is 12.6. The predicted octanol–water partition coefficient (Wildman–Crippen LogP) is 4.75. The summed E-state index contributed by atoms with van der Waals surface area (Å²) in [5.41, 5.74) is 0.781. The average Bonchev–Trinajstić information content (AvgIpc) is 2.44. The minimum absolute atomic E-state index is 0.00435. The van der Waals surface area contributed by atoms with Gasteiger partial charge in [-0.05, 0) is 56.7 Å². The van der Waals surface area contributed by atoms with Crippen molar-refractivity contribution in [1.29, 1.82) is 0 Å². The van der Waals surface area contributed by atoms with Gasteiger partial charge in [-0.3, -0.25) is 10.1 Å². The van der Waals surface area contributed by atoms with E-state index in [0.29, 0.717) is 11.4 Å². The van der Waals surface area contributed by atoms with Crippen molar-refractivity contribution in [3.05, 3.63) is 24.3 Å². The second-order valence-electron chi connectivity index (χ2n) is 6.81. The summed E-state index contributed by atoms with van der Waals surface area (Å²) in [6, 6.07) is 6.99. The second-order valence-corrected chi connectivity index (χ2v) is 8.23. The Labute approximate surface area is 148 Å². The van der Waals surface area contributed by atoms with Crippen LogP contribution in [0.1, 0.15) is 41.5 Å². The molecular formula is C18H28N2O3S. The number of amides is 2. The summed E-state index contributed by atoms with van der Waals surface area (Å²) >= 11 is 1.64. The van der Waals surface area contributed by atoms with Crippen molar-refractivity contribution in [2.45, 2.75) is 52.4 Å². The van der Waals surface area contributed by atoms with Gasteiger partial charge in [-0.15, -0.1) is 11.8 Å². The number of hydrogen-bond acceptors (Lipinski definition) is 4. The van der Waals surface area contributed by atoms with Crippen molar-refractivity contribution >= 4 is 35.1 Å². The van der Waals surface area contributed by atoms with E-state index in [0.717, 1.165) is 5.75 Å². The van der Waals surface area contributed by atoms with Crippen LogP contribution in [0.5, 0.6) is 0 Å². The lowest BCUT2D eigenvalue weighted by atomic mass is 10.1. The van der Waals surface area contributed by atoms with Crippen LogP contribution < -0.4 is 10.6 Å². The number of nitrogens with one attached hydrogen (secondary N) is 2. The van der Waals surface area contributed by atoms with Gasteiger partial charge >= 0.3 is 6.09 Å². The van der Waals surface area contributed by atoms with E-state index in [4.69, 9.17) is 4.74 Å². The van der Waals surface area contributed by atoms with Gasteiger partial charge in [0.25, 0.3) is 0 Å². The van der Waals surface area contributed by atoms with Crippen LogP contribution in [0, 0.1) is 5.92 Å². The summed E-state index contributed by atoms with van der Waals surface area (Å²) in [7, 11) is 0. The molecule has 0 saturated heterocycles. The molecule has 0 radical (unpaired) electrons. The van der Waals surface area contributed by atoms with Crippen LogP contribution >= 0.6 is 11.8 Å². The van der Waals surface area contributed by atoms with Gasteiger partial charge in [0.05, 0.1) is 5.25 Å². The summed E-state index contributed by atoms with van der Waals surface area (Å²) < 4.78 is 5.20. The van der Waals surface area contributed by atoms with Gasteiger partial charge in [0.15, 0.2) is 0 Å². The highest BCUT2D eigenvalue weighted by Gasteiger charge is 2.22. The molecule has 1 aromatic rings. The molecule has 0 bridgehead atoms. The average molecular weight is 353 g/mol. The Morgan fingerprint density at radius 2 is 1.58 bits per heavy atom. The maximum absolute atomic E-state index is 12.3. The molecule has 2 amide bonds. The minimum Gasteiger partial charge on any atom is -0.444 e. The summed E-state index contributed by atoms with van der Waals surface area (Å²) in [6.45, 7) is 11.6. The van der Waals surface area contributed by atoms with Gasteiger partial charge in [-0.2, -0.15) is 0 Å². The van der Waals surface area contributed by atoms with Crippen molar-refractivity contribution in [1.82, 2.24) is 0 Å². The number of ether oxygens (including phenoxy) is 1. The standard InChI is InChI=1S/C18H28N2O3S/c1-7-24-15(12(2)3)16(21)19-13-8-10-14(11-9-13)20-17(22)23-18(4,5)6/h8-12,15H,7H2,1-6H3,(H,19,21)(H,20,22). The lowest BCUT2D eigenvalue weighted by molar-refractivity contribution is -0.116. The highest BCUT2D eigenvalue weighted by Crippen LogP contribution is 2.22. The molecular weight excluding hydrogens is 324 g/mol. The molecule has 1 atom stereocenters. The van der Waals surface area contributed by atoms with Crippen LogP contribution in [0.2, 0.25) is 0 Å². The summed E-state index contributed by atoms with van der Waals surface area (Å²) in [5.74, 6) is 1.17. The van der Waals surface area contributed by atoms with E-state index in [9.17, 15) is 9.59 Å². The van der Waals surface area contributed by atoms with Gasteiger partial charge in [-0.25, -0.2) is 4.79 Å². The molecule has 5 nitrogen and oxygen atoms in total. The number of benzene rings is 1. The lowest BCUT2D eigenvalue weighted by Gasteiger charge is -2.20. The van der Waals surface area contributed by atoms with Crippen LogP contribution in [0.25, 0.3) is 0 Å². The highest BCUT2D eigenvalue weighted by atomic mass is 32.2. The van der Waals surface area contributed by atoms with Crippen LogP contribution in [-0.4, -0.2) is 28.6 Å². The van der Waals surface area contributed by atoms with E-state index in [1.807, 2.05) is 41.5 Å². The molecule has 1 rings (SSSR count). The lowest BCUT2D eigenvalue weighted by Crippen LogP contribution is -2.29. The van der Waals surface area contributed by atoms with Crippen molar-refractivity contribution in [3.63, 3.8) is 0 Å². The maximum Gasteiger partial charge on any atom is 0.412 e. The molecule has 24 heavy (non-hydrogen) atoms. The number of anilines is 2. The SMILES string of the molecule is CCSC(C(=O)Nc1ccc(NC(=O)OC(C)(C)C)cc1)C(C)C. The Kier molecular flexibility index (Phi) is 7.60.